The van der Waals surface area contributed by atoms with Crippen molar-refractivity contribution in [1.82, 2.24) is 25.7 Å². The van der Waals surface area contributed by atoms with Crippen LogP contribution in [0.15, 0.2) is 40.4 Å². The molecule has 4 N–H and O–H groups in total. The molecule has 1 aliphatic rings. The Labute approximate surface area is 165 Å². The van der Waals surface area contributed by atoms with E-state index in [9.17, 15) is 9.59 Å². The van der Waals surface area contributed by atoms with E-state index in [2.05, 4.69) is 30.9 Å². The number of hydrazone groups is 1. The van der Waals surface area contributed by atoms with Crippen molar-refractivity contribution in [2.75, 3.05) is 26.2 Å². The highest BCUT2D eigenvalue weighted by atomic mass is 32.1. The first-order valence-corrected chi connectivity index (χ1v) is 9.45. The molecule has 0 bridgehead atoms. The predicted molar refractivity (Wildman–Crippen MR) is 107 cm³/mol. The van der Waals surface area contributed by atoms with E-state index in [0.717, 1.165) is 10.6 Å². The summed E-state index contributed by atoms with van der Waals surface area (Å²) in [5, 5.41) is 18.5. The molecule has 0 spiro atoms. The van der Waals surface area contributed by atoms with Crippen LogP contribution < -0.4 is 16.5 Å². The topological polar surface area (TPSA) is 138 Å². The van der Waals surface area contributed by atoms with E-state index in [4.69, 9.17) is 5.84 Å². The van der Waals surface area contributed by atoms with Crippen LogP contribution in [-0.4, -0.2) is 65.1 Å². The van der Waals surface area contributed by atoms with Crippen molar-refractivity contribution in [3.05, 3.63) is 35.3 Å². The zero-order chi connectivity index (χ0) is 19.8. The molecule has 10 nitrogen and oxygen atoms in total. The predicted octanol–water partition coefficient (Wildman–Crippen LogP) is 0.232. The third-order valence-electron chi connectivity index (χ3n) is 3.92. The van der Waals surface area contributed by atoms with Crippen LogP contribution in [0, 0.1) is 0 Å². The zero-order valence-corrected chi connectivity index (χ0v) is 15.9. The molecule has 11 heteroatoms. The number of amides is 3. The van der Waals surface area contributed by atoms with Gasteiger partial charge in [0.15, 0.2) is 5.71 Å². The average molecular weight is 400 g/mol. The maximum atomic E-state index is 12.2. The number of hydrogen-bond donors (Lipinski definition) is 3. The van der Waals surface area contributed by atoms with Gasteiger partial charge in [0.2, 0.25) is 0 Å². The summed E-state index contributed by atoms with van der Waals surface area (Å²) in [5.74, 6) is 4.83. The smallest absolute Gasteiger partial charge is 0.317 e. The van der Waals surface area contributed by atoms with Crippen molar-refractivity contribution in [2.45, 2.75) is 6.54 Å². The molecule has 3 rings (SSSR count). The van der Waals surface area contributed by atoms with Crippen molar-refractivity contribution in [1.29, 1.82) is 0 Å². The lowest BCUT2D eigenvalue weighted by molar-refractivity contribution is -0.114. The molecule has 0 saturated carbocycles. The van der Waals surface area contributed by atoms with Gasteiger partial charge in [0, 0.05) is 25.2 Å². The van der Waals surface area contributed by atoms with Crippen molar-refractivity contribution in [2.24, 2.45) is 15.9 Å². The van der Waals surface area contributed by atoms with Crippen molar-refractivity contribution in [3.8, 4) is 10.6 Å². The van der Waals surface area contributed by atoms with Gasteiger partial charge >= 0.3 is 6.03 Å². The summed E-state index contributed by atoms with van der Waals surface area (Å²) in [6.07, 6.45) is 1.30. The van der Waals surface area contributed by atoms with Crippen molar-refractivity contribution in [3.63, 3.8) is 0 Å². The number of nitrogens with one attached hydrogen (secondary N) is 2. The van der Waals surface area contributed by atoms with Gasteiger partial charge in [-0.3, -0.25) is 9.79 Å². The largest absolute Gasteiger partial charge is 0.344 e. The Bertz CT molecular complexity index is 880. The van der Waals surface area contributed by atoms with E-state index in [1.807, 2.05) is 30.3 Å². The number of hydrogen-bond acceptors (Lipinski definition) is 8. The van der Waals surface area contributed by atoms with Crippen LogP contribution in [0.5, 0.6) is 0 Å². The second kappa shape index (κ2) is 9.55. The Morgan fingerprint density at radius 2 is 2.18 bits per heavy atom. The first kappa shape index (κ1) is 19.4. The number of carbonyl (C=O) groups is 2. The van der Waals surface area contributed by atoms with Crippen LogP contribution >= 0.6 is 11.3 Å². The number of nitrogens with zero attached hydrogens (tertiary/aromatic N) is 5. The molecule has 0 atom stereocenters. The van der Waals surface area contributed by atoms with Gasteiger partial charge in [-0.15, -0.1) is 10.2 Å². The monoisotopic (exact) mass is 400 g/mol. The Balaban J connectivity index is 1.47. The summed E-state index contributed by atoms with van der Waals surface area (Å²) >= 11 is 1.40. The molecule has 0 aliphatic carbocycles. The van der Waals surface area contributed by atoms with Gasteiger partial charge < -0.3 is 21.4 Å². The molecule has 1 aromatic heterocycles. The number of nitrogens with two attached hydrogens (primary N) is 1. The molecule has 2 aromatic rings. The fourth-order valence-corrected chi connectivity index (χ4v) is 3.26. The third-order valence-corrected chi connectivity index (χ3v) is 4.89. The molecule has 3 amide bonds. The van der Waals surface area contributed by atoms with Crippen molar-refractivity contribution >= 4 is 35.2 Å². The van der Waals surface area contributed by atoms with E-state index >= 15 is 0 Å². The number of aromatic nitrogens is 2. The zero-order valence-electron chi connectivity index (χ0n) is 15.0. The average Bonchev–Trinajstić information content (AvgIpc) is 3.36. The number of benzene rings is 1. The van der Waals surface area contributed by atoms with Gasteiger partial charge in [-0.2, -0.15) is 5.10 Å². The van der Waals surface area contributed by atoms with Gasteiger partial charge in [0.25, 0.3) is 5.91 Å². The molecule has 1 aliphatic heterocycles. The summed E-state index contributed by atoms with van der Waals surface area (Å²) in [5.41, 5.74) is 0.972. The molecule has 1 saturated heterocycles. The number of aliphatic imine (C=N–C) groups is 1. The van der Waals surface area contributed by atoms with Gasteiger partial charge in [0.05, 0.1) is 19.3 Å². The summed E-state index contributed by atoms with van der Waals surface area (Å²) in [4.78, 5) is 29.4. The summed E-state index contributed by atoms with van der Waals surface area (Å²) in [7, 11) is 0. The second-order valence-electron chi connectivity index (χ2n) is 5.82. The van der Waals surface area contributed by atoms with E-state index in [0.29, 0.717) is 31.2 Å². The molecular weight excluding hydrogens is 380 g/mol. The van der Waals surface area contributed by atoms with Gasteiger partial charge in [-0.25, -0.2) is 4.79 Å². The Hall–Kier alpha value is -3.34. The molecule has 2 heterocycles. The molecule has 0 radical (unpaired) electrons. The van der Waals surface area contributed by atoms with Gasteiger partial charge in [0.1, 0.15) is 10.0 Å². The Kier molecular flexibility index (Phi) is 6.63. The molecule has 28 heavy (non-hydrogen) atoms. The number of rotatable bonds is 8. The normalized spacial score (nSPS) is 14.5. The van der Waals surface area contributed by atoms with Crippen LogP contribution in [0.3, 0.4) is 0 Å². The molecule has 0 unspecified atom stereocenters. The van der Waals surface area contributed by atoms with Crippen molar-refractivity contribution < 1.29 is 9.59 Å². The molecular formula is C17H20N8O2S. The second-order valence-corrected chi connectivity index (χ2v) is 6.88. The molecule has 1 fully saturated rings. The van der Waals surface area contributed by atoms with Crippen LogP contribution in [0.25, 0.3) is 10.6 Å². The van der Waals surface area contributed by atoms with Crippen LogP contribution in [0.1, 0.15) is 5.01 Å². The van der Waals surface area contributed by atoms with Gasteiger partial charge in [-0.05, 0) is 0 Å². The molecule has 1 aromatic carbocycles. The summed E-state index contributed by atoms with van der Waals surface area (Å²) in [6, 6.07) is 9.58. The SMILES string of the molecule is N/N=C(\C=NCCN1CCNC1=O)C(=O)NCc1nnc(-c2ccccc2)s1. The third kappa shape index (κ3) is 5.10. The first-order chi connectivity index (χ1) is 13.7. The highest BCUT2D eigenvalue weighted by Gasteiger charge is 2.18. The number of urea groups is 1. The van der Waals surface area contributed by atoms with E-state index in [-0.39, 0.29) is 18.3 Å². The summed E-state index contributed by atoms with van der Waals surface area (Å²) in [6.45, 7) is 2.33. The fourth-order valence-electron chi connectivity index (χ4n) is 2.47. The minimum atomic E-state index is -0.457. The lowest BCUT2D eigenvalue weighted by Crippen LogP contribution is -2.33. The Morgan fingerprint density at radius 1 is 1.36 bits per heavy atom. The quantitative estimate of drug-likeness (QED) is 0.331. The van der Waals surface area contributed by atoms with E-state index in [1.165, 1.54) is 17.6 Å². The van der Waals surface area contributed by atoms with Crippen LogP contribution in [0.4, 0.5) is 4.79 Å². The lowest BCUT2D eigenvalue weighted by atomic mass is 10.2. The highest BCUT2D eigenvalue weighted by molar-refractivity contribution is 7.14. The first-order valence-electron chi connectivity index (χ1n) is 8.64. The van der Waals surface area contributed by atoms with Crippen LogP contribution in [0.2, 0.25) is 0 Å². The minimum Gasteiger partial charge on any atom is -0.344 e. The van der Waals surface area contributed by atoms with Crippen LogP contribution in [-0.2, 0) is 11.3 Å². The minimum absolute atomic E-state index is 0.00123. The lowest BCUT2D eigenvalue weighted by Gasteiger charge is -2.11. The summed E-state index contributed by atoms with van der Waals surface area (Å²) < 4.78 is 0. The highest BCUT2D eigenvalue weighted by Crippen LogP contribution is 2.22. The standard InChI is InChI=1S/C17H20N8O2S/c18-22-13(10-19-6-8-25-9-7-20-17(25)27)15(26)21-11-14-23-24-16(28-14)12-4-2-1-3-5-12/h1-5,10H,6-9,11,18H2,(H,20,27)(H,21,26)/b19-10?,22-13+. The number of carbonyl (C=O) groups excluding carboxylic acids is 2. The fraction of sp³-hybridized carbons (Fsp3) is 0.294. The maximum absolute atomic E-state index is 12.2. The Morgan fingerprint density at radius 3 is 2.89 bits per heavy atom. The van der Waals surface area contributed by atoms with E-state index in [1.54, 1.807) is 4.90 Å². The maximum Gasteiger partial charge on any atom is 0.317 e. The molecule has 146 valence electrons. The van der Waals surface area contributed by atoms with E-state index < -0.39 is 5.91 Å². The van der Waals surface area contributed by atoms with Gasteiger partial charge in [-0.1, -0.05) is 41.7 Å².